The molecule has 26 heteroatoms. The molecular weight excluding hydrogens is 1240 g/mol. The van der Waals surface area contributed by atoms with E-state index in [1.54, 1.807) is 30.3 Å². The van der Waals surface area contributed by atoms with Gasteiger partial charge >= 0.3 is 5.51 Å². The highest BCUT2D eigenvalue weighted by molar-refractivity contribution is 7.99. The Morgan fingerprint density at radius 1 is 0.758 bits per heavy atom. The van der Waals surface area contributed by atoms with Crippen molar-refractivity contribution in [3.8, 4) is 0 Å². The number of imide groups is 2. The molecule has 91 heavy (non-hydrogen) atoms. The zero-order chi connectivity index (χ0) is 64.7. The van der Waals surface area contributed by atoms with Crippen molar-refractivity contribution < 1.29 is 62.8 Å². The fourth-order valence-electron chi connectivity index (χ4n) is 14.4. The smallest absolute Gasteiger partial charge is 0.384 e. The molecule has 3 saturated heterocycles. The highest BCUT2D eigenvalue weighted by Crippen LogP contribution is 2.79. The van der Waals surface area contributed by atoms with Crippen LogP contribution in [0.3, 0.4) is 0 Å². The van der Waals surface area contributed by atoms with E-state index in [0.717, 1.165) is 112 Å². The maximum atomic E-state index is 14.5. The summed E-state index contributed by atoms with van der Waals surface area (Å²) in [5, 5.41) is 8.71. The number of amides is 5. The minimum absolute atomic E-state index is 0.0307. The van der Waals surface area contributed by atoms with E-state index in [4.69, 9.17) is 0 Å². The first-order valence-electron chi connectivity index (χ1n) is 31.3. The Labute approximate surface area is 532 Å². The molecule has 3 saturated carbocycles. The van der Waals surface area contributed by atoms with Crippen molar-refractivity contribution in [2.75, 3.05) is 99.8 Å². The average molecular weight is 1320 g/mol. The number of hydrogen-bond donors (Lipinski definition) is 4. The molecule has 5 amide bonds. The molecule has 4 aromatic rings. The van der Waals surface area contributed by atoms with E-state index in [1.807, 2.05) is 35.1 Å². The van der Waals surface area contributed by atoms with Crippen molar-refractivity contribution in [2.24, 2.45) is 16.2 Å². The maximum absolute atomic E-state index is 14.5. The van der Waals surface area contributed by atoms with Crippen LogP contribution in [0.5, 0.6) is 0 Å². The van der Waals surface area contributed by atoms with Crippen LogP contribution in [0.25, 0.3) is 0 Å². The van der Waals surface area contributed by atoms with Crippen molar-refractivity contribution in [3.63, 3.8) is 0 Å². The van der Waals surface area contributed by atoms with E-state index >= 15 is 0 Å². The number of sulfone groups is 1. The second kappa shape index (κ2) is 26.5. The first-order chi connectivity index (χ1) is 43.2. The van der Waals surface area contributed by atoms with Gasteiger partial charge in [0.1, 0.15) is 10.9 Å². The number of unbranched alkanes of at least 4 members (excludes halogenated alkanes) is 2. The van der Waals surface area contributed by atoms with Crippen LogP contribution in [0.1, 0.15) is 122 Å². The average Bonchev–Trinajstić information content (AvgIpc) is 1.07. The predicted octanol–water partition coefficient (Wildman–Crippen LogP) is 9.43. The zero-order valence-corrected chi connectivity index (χ0v) is 53.5. The highest BCUT2D eigenvalue weighted by Gasteiger charge is 2.73. The number of halogens is 5. The van der Waals surface area contributed by atoms with Gasteiger partial charge < -0.3 is 25.3 Å². The van der Waals surface area contributed by atoms with Gasteiger partial charge in [0.25, 0.3) is 37.6 Å². The van der Waals surface area contributed by atoms with Gasteiger partial charge in [-0.25, -0.2) is 30.3 Å². The van der Waals surface area contributed by atoms with Crippen LogP contribution >= 0.6 is 11.8 Å². The summed E-state index contributed by atoms with van der Waals surface area (Å²) in [5.41, 5.74) is -2.34. The number of rotatable bonds is 25. The molecule has 6 fully saturated rings. The highest BCUT2D eigenvalue weighted by atomic mass is 32.2. The van der Waals surface area contributed by atoms with Gasteiger partial charge in [0.05, 0.1) is 16.0 Å². The summed E-state index contributed by atoms with van der Waals surface area (Å²) in [6.45, 7) is 13.1. The number of thioether (sulfide) groups is 1. The number of anilines is 3. The van der Waals surface area contributed by atoms with Crippen molar-refractivity contribution >= 4 is 78.2 Å². The number of fused-ring (bicyclic) bond motifs is 1. The lowest BCUT2D eigenvalue weighted by atomic mass is 9.32. The first kappa shape index (κ1) is 66.0. The third-order valence-corrected chi connectivity index (χ3v) is 23.7. The van der Waals surface area contributed by atoms with Crippen LogP contribution < -0.4 is 25.6 Å². The Morgan fingerprint density at radius 2 is 1.44 bits per heavy atom. The minimum atomic E-state index is -6.29. The lowest BCUT2D eigenvalue weighted by molar-refractivity contribution is -0.250. The van der Waals surface area contributed by atoms with E-state index < -0.39 is 88.6 Å². The molecule has 2 bridgehead atoms. The summed E-state index contributed by atoms with van der Waals surface area (Å²) >= 11 is 1.49. The van der Waals surface area contributed by atoms with E-state index in [-0.39, 0.29) is 46.0 Å². The molecule has 12 rings (SSSR count). The number of allylic oxidation sites excluding steroid dienone is 1. The number of nitrogens with one attached hydrogen (secondary N) is 4. The quantitative estimate of drug-likeness (QED) is 0.0160. The van der Waals surface area contributed by atoms with Gasteiger partial charge in [0.15, 0.2) is 0 Å². The SMILES string of the molecule is CC1(C)CCC(CN2CCN(c3ccc(C(=O)NS(=O)(=O)c4ccc(N[C@H](CCN5CCN(CCCCCNc6cccc7c6C(=O)N(C6CCC(=O)NC6=O)C7=O)CC5)CSc5ccccc5)cc4S(=O)(=O)C(F)(F)F)cc3)CC2)=C(C23CC(C(F)F)(C2)C3)C1. The standard InChI is InChI=1S/C65H78F5N9O9S3/c1-62(2)24-22-44(50(37-62)63-40-64(41-63,42-63)61(66)67)38-77-32-34-78(35-33-77)47-17-14-43(15-18-47)57(81)74-91(87,88)53-20-16-45(36-54(53)90(85,86)65(68,69)70)72-46(39-89-48-10-5-3-6-11-48)23-27-76-30-28-75(29-31-76)26-8-4-7-25-71-51-13-9-12-49-56(51)60(84)79(59(49)83)52-19-21-55(80)73-58(52)82/h3,5-6,9-18,20,36,46,52,61,71-72H,4,7-8,19,21-35,37-42H2,1-2H3,(H,74,81)(H,73,80,82)/t46-,52?,63?,64?/m1/s1. The Balaban J connectivity index is 0.666. The van der Waals surface area contributed by atoms with Gasteiger partial charge in [-0.2, -0.15) is 13.2 Å². The number of nitrogens with zero attached hydrogens (tertiary/aromatic N) is 5. The lowest BCUT2D eigenvalue weighted by Gasteiger charge is -2.72. The van der Waals surface area contributed by atoms with Crippen molar-refractivity contribution in [1.29, 1.82) is 0 Å². The van der Waals surface area contributed by atoms with Gasteiger partial charge in [0.2, 0.25) is 18.2 Å². The molecule has 2 atom stereocenters. The summed E-state index contributed by atoms with van der Waals surface area (Å²) in [6, 6.07) is 21.7. The van der Waals surface area contributed by atoms with Crippen molar-refractivity contribution in [3.05, 3.63) is 119 Å². The number of piperidine rings is 1. The normalized spacial score (nSPS) is 23.6. The summed E-state index contributed by atoms with van der Waals surface area (Å²) in [4.78, 5) is 72.8. The fourth-order valence-corrected chi connectivity index (χ4v) is 17.9. The van der Waals surface area contributed by atoms with Crippen LogP contribution in [0.2, 0.25) is 0 Å². The molecule has 8 aliphatic rings. The molecule has 4 aromatic carbocycles. The lowest BCUT2D eigenvalue weighted by Crippen LogP contribution is -2.66. The van der Waals surface area contributed by atoms with Crippen LogP contribution in [0.4, 0.5) is 39.0 Å². The summed E-state index contributed by atoms with van der Waals surface area (Å²) in [6.07, 6.45) is 5.56. The van der Waals surface area contributed by atoms with Gasteiger partial charge in [-0.05, 0) is 148 Å². The van der Waals surface area contributed by atoms with E-state index in [1.165, 1.54) is 41.1 Å². The predicted molar refractivity (Wildman–Crippen MR) is 336 cm³/mol. The largest absolute Gasteiger partial charge is 0.501 e. The molecule has 4 heterocycles. The molecular formula is C65H78F5N9O9S3. The number of piperazine rings is 2. The Hall–Kier alpha value is -6.45. The number of alkyl halides is 5. The van der Waals surface area contributed by atoms with Gasteiger partial charge in [-0.3, -0.25) is 39.1 Å². The molecule has 490 valence electrons. The Kier molecular flexibility index (Phi) is 19.2. The van der Waals surface area contributed by atoms with Crippen LogP contribution in [0.15, 0.2) is 117 Å². The van der Waals surface area contributed by atoms with Gasteiger partial charge in [-0.1, -0.05) is 55.7 Å². The monoisotopic (exact) mass is 1320 g/mol. The Morgan fingerprint density at radius 3 is 2.11 bits per heavy atom. The van der Waals surface area contributed by atoms with Crippen molar-refractivity contribution in [1.82, 2.24) is 29.6 Å². The summed E-state index contributed by atoms with van der Waals surface area (Å²) < 4.78 is 127. The first-order valence-corrected chi connectivity index (χ1v) is 35.3. The van der Waals surface area contributed by atoms with Crippen molar-refractivity contribution in [2.45, 2.75) is 130 Å². The van der Waals surface area contributed by atoms with Crippen LogP contribution in [-0.4, -0.2) is 174 Å². The van der Waals surface area contributed by atoms with E-state index in [0.29, 0.717) is 69.4 Å². The molecule has 1 unspecified atom stereocenters. The topological polar surface area (TPSA) is 218 Å². The molecule has 18 nitrogen and oxygen atoms in total. The fraction of sp³-hybridized carbons (Fsp3) is 0.523. The number of sulfonamides is 1. The summed E-state index contributed by atoms with van der Waals surface area (Å²) in [7, 11) is -11.5. The van der Waals surface area contributed by atoms with E-state index in [2.05, 4.69) is 49.4 Å². The molecule has 4 aliphatic carbocycles. The molecule has 4 aliphatic heterocycles. The maximum Gasteiger partial charge on any atom is 0.501 e. The van der Waals surface area contributed by atoms with Crippen LogP contribution in [-0.2, 0) is 29.4 Å². The number of benzene rings is 4. The zero-order valence-electron chi connectivity index (χ0n) is 51.1. The molecule has 0 radical (unpaired) electrons. The Bertz CT molecular complexity index is 3670. The number of carbonyl (C=O) groups is 5. The van der Waals surface area contributed by atoms with Gasteiger partial charge in [-0.15, -0.1) is 11.8 Å². The summed E-state index contributed by atoms with van der Waals surface area (Å²) in [5.74, 6) is -3.00. The molecule has 0 spiro atoms. The second-order valence-electron chi connectivity index (χ2n) is 26.4. The molecule has 0 aromatic heterocycles. The minimum Gasteiger partial charge on any atom is -0.384 e. The number of carbonyl (C=O) groups excluding carboxylic acids is 5. The number of hydrogen-bond acceptors (Lipinski definition) is 16. The second-order valence-corrected chi connectivity index (χ2v) is 31.0. The van der Waals surface area contributed by atoms with Crippen LogP contribution in [0, 0.1) is 16.2 Å². The van der Waals surface area contributed by atoms with Gasteiger partial charge in [0, 0.05) is 123 Å². The third-order valence-electron chi connectivity index (χ3n) is 19.5. The third kappa shape index (κ3) is 14.2. The molecule has 4 N–H and O–H groups in total. The van der Waals surface area contributed by atoms with E-state index in [9.17, 15) is 62.8 Å².